The summed E-state index contributed by atoms with van der Waals surface area (Å²) >= 11 is 3.17. The van der Waals surface area contributed by atoms with Crippen LogP contribution < -0.4 is 0 Å². The summed E-state index contributed by atoms with van der Waals surface area (Å²) in [5, 5.41) is 0. The minimum absolute atomic E-state index is 0.0541. The lowest BCUT2D eigenvalue weighted by Crippen LogP contribution is -2.25. The summed E-state index contributed by atoms with van der Waals surface area (Å²) in [6.07, 6.45) is 13.4. The molecule has 0 aromatic rings. The maximum atomic E-state index is 11.2. The zero-order valence-corrected chi connectivity index (χ0v) is 14.2. The van der Waals surface area contributed by atoms with Crippen LogP contribution in [0.1, 0.15) is 39.5 Å². The lowest BCUT2D eigenvalue weighted by atomic mass is 10.1. The molecule has 1 aliphatic rings. The molecule has 0 radical (unpaired) electrons. The van der Waals surface area contributed by atoms with E-state index in [1.165, 1.54) is 6.92 Å². The fourth-order valence-corrected chi connectivity index (χ4v) is 2.36. The summed E-state index contributed by atoms with van der Waals surface area (Å²) in [6, 6.07) is 0. The van der Waals surface area contributed by atoms with Crippen LogP contribution >= 0.6 is 15.9 Å². The third-order valence-electron chi connectivity index (χ3n) is 3.10. The SMILES string of the molecule is CC/C=C/C/C=C\C[C@H]1OC(C=C=CBr)C[C@H]1OC(C)=O. The van der Waals surface area contributed by atoms with Gasteiger partial charge in [-0.2, -0.15) is 0 Å². The Hall–Kier alpha value is -1.09. The molecule has 3 atom stereocenters. The van der Waals surface area contributed by atoms with Gasteiger partial charge in [0.1, 0.15) is 6.10 Å². The monoisotopic (exact) mass is 354 g/mol. The van der Waals surface area contributed by atoms with Crippen LogP contribution in [0.4, 0.5) is 0 Å². The van der Waals surface area contributed by atoms with E-state index in [0.29, 0.717) is 6.42 Å². The summed E-state index contributed by atoms with van der Waals surface area (Å²) in [7, 11) is 0. The summed E-state index contributed by atoms with van der Waals surface area (Å²) in [4.78, 5) is 12.8. The van der Waals surface area contributed by atoms with Crippen molar-refractivity contribution in [2.75, 3.05) is 0 Å². The number of carbonyl (C=O) groups excluding carboxylic acids is 1. The van der Waals surface area contributed by atoms with Crippen LogP contribution in [0.5, 0.6) is 0 Å². The molecular formula is C17H23BrO3. The van der Waals surface area contributed by atoms with Crippen molar-refractivity contribution in [3.05, 3.63) is 41.1 Å². The van der Waals surface area contributed by atoms with Crippen LogP contribution in [0.2, 0.25) is 0 Å². The minimum atomic E-state index is -0.260. The molecule has 0 bridgehead atoms. The summed E-state index contributed by atoms with van der Waals surface area (Å²) in [5.74, 6) is -0.260. The maximum Gasteiger partial charge on any atom is 0.302 e. The molecule has 0 aromatic heterocycles. The molecular weight excluding hydrogens is 332 g/mol. The zero-order valence-electron chi connectivity index (χ0n) is 12.6. The average Bonchev–Trinajstić information content (AvgIpc) is 2.82. The van der Waals surface area contributed by atoms with Crippen LogP contribution in [0, 0.1) is 0 Å². The van der Waals surface area contributed by atoms with Gasteiger partial charge in [0, 0.05) is 18.3 Å². The first-order valence-electron chi connectivity index (χ1n) is 7.31. The maximum absolute atomic E-state index is 11.2. The first-order chi connectivity index (χ1) is 10.2. The van der Waals surface area contributed by atoms with E-state index in [1.54, 1.807) is 4.99 Å². The van der Waals surface area contributed by atoms with Crippen LogP contribution in [-0.4, -0.2) is 24.3 Å². The van der Waals surface area contributed by atoms with E-state index in [1.807, 2.05) is 6.08 Å². The Morgan fingerprint density at radius 1 is 1.38 bits per heavy atom. The number of halogens is 1. The number of hydrogen-bond acceptors (Lipinski definition) is 3. The standard InChI is InChI=1S/C17H23BrO3/c1-3-4-5-6-7-8-11-16-17(20-14(2)19)13-15(21-16)10-9-12-18/h4-5,7-8,10,12,15-17H,3,6,11,13H2,1-2H3/b5-4+,8-7-/t9?,15?,16-,17-/m1/s1. The molecule has 1 fully saturated rings. The van der Waals surface area contributed by atoms with E-state index in [-0.39, 0.29) is 24.3 Å². The molecule has 1 saturated heterocycles. The van der Waals surface area contributed by atoms with Crippen molar-refractivity contribution in [1.82, 2.24) is 0 Å². The van der Waals surface area contributed by atoms with Gasteiger partial charge in [-0.3, -0.25) is 4.79 Å². The highest BCUT2D eigenvalue weighted by atomic mass is 79.9. The van der Waals surface area contributed by atoms with E-state index in [0.717, 1.165) is 19.3 Å². The van der Waals surface area contributed by atoms with E-state index in [9.17, 15) is 4.79 Å². The summed E-state index contributed by atoms with van der Waals surface area (Å²) < 4.78 is 11.2. The molecule has 0 saturated carbocycles. The van der Waals surface area contributed by atoms with E-state index in [2.05, 4.69) is 52.9 Å². The van der Waals surface area contributed by atoms with Gasteiger partial charge in [0.15, 0.2) is 0 Å². The topological polar surface area (TPSA) is 35.5 Å². The lowest BCUT2D eigenvalue weighted by molar-refractivity contribution is -0.148. The Balaban J connectivity index is 2.52. The second kappa shape index (κ2) is 10.6. The van der Waals surface area contributed by atoms with E-state index < -0.39 is 0 Å². The minimum Gasteiger partial charge on any atom is -0.460 e. The number of rotatable bonds is 7. The van der Waals surface area contributed by atoms with Gasteiger partial charge >= 0.3 is 5.97 Å². The van der Waals surface area contributed by atoms with Crippen molar-refractivity contribution in [2.45, 2.75) is 57.8 Å². The van der Waals surface area contributed by atoms with Gasteiger partial charge in [-0.05, 0) is 25.3 Å². The number of hydrogen-bond donors (Lipinski definition) is 0. The molecule has 1 rings (SSSR count). The number of allylic oxidation sites excluding steroid dienone is 3. The second-order valence-corrected chi connectivity index (χ2v) is 5.32. The highest BCUT2D eigenvalue weighted by Gasteiger charge is 2.35. The van der Waals surface area contributed by atoms with Crippen molar-refractivity contribution in [2.24, 2.45) is 0 Å². The van der Waals surface area contributed by atoms with Crippen LogP contribution in [-0.2, 0) is 14.3 Å². The van der Waals surface area contributed by atoms with Crippen molar-refractivity contribution in [3.63, 3.8) is 0 Å². The smallest absolute Gasteiger partial charge is 0.302 e. The largest absolute Gasteiger partial charge is 0.460 e. The molecule has 0 aromatic carbocycles. The molecule has 1 heterocycles. The van der Waals surface area contributed by atoms with E-state index >= 15 is 0 Å². The molecule has 1 unspecified atom stereocenters. The number of esters is 1. The van der Waals surface area contributed by atoms with Gasteiger partial charge in [-0.1, -0.05) is 47.2 Å². The van der Waals surface area contributed by atoms with Crippen LogP contribution in [0.15, 0.2) is 41.1 Å². The molecule has 4 heteroatoms. The fraction of sp³-hybridized carbons (Fsp3) is 0.529. The predicted molar refractivity (Wildman–Crippen MR) is 88.2 cm³/mol. The number of carbonyl (C=O) groups is 1. The first kappa shape index (κ1) is 18.0. The van der Waals surface area contributed by atoms with Crippen molar-refractivity contribution < 1.29 is 14.3 Å². The van der Waals surface area contributed by atoms with Gasteiger partial charge in [0.2, 0.25) is 0 Å². The quantitative estimate of drug-likeness (QED) is 0.385. The highest BCUT2D eigenvalue weighted by molar-refractivity contribution is 9.11. The summed E-state index contributed by atoms with van der Waals surface area (Å²) in [6.45, 7) is 3.55. The normalized spacial score (nSPS) is 25.2. The van der Waals surface area contributed by atoms with Crippen molar-refractivity contribution >= 4 is 21.9 Å². The predicted octanol–water partition coefficient (Wildman–Crippen LogP) is 4.44. The second-order valence-electron chi connectivity index (χ2n) is 4.86. The highest BCUT2D eigenvalue weighted by Crippen LogP contribution is 2.26. The summed E-state index contributed by atoms with van der Waals surface area (Å²) in [5.41, 5.74) is 2.95. The van der Waals surface area contributed by atoms with Gasteiger partial charge in [-0.15, -0.1) is 5.73 Å². The Bertz CT molecular complexity index is 433. The molecule has 0 spiro atoms. The Labute approximate surface area is 135 Å². The Morgan fingerprint density at radius 2 is 2.14 bits per heavy atom. The third kappa shape index (κ3) is 7.47. The van der Waals surface area contributed by atoms with Gasteiger partial charge in [0.05, 0.1) is 12.2 Å². The lowest BCUT2D eigenvalue weighted by Gasteiger charge is -2.16. The van der Waals surface area contributed by atoms with Crippen LogP contribution in [0.25, 0.3) is 0 Å². The zero-order chi connectivity index (χ0) is 15.5. The Kier molecular flexibility index (Phi) is 9.07. The molecule has 0 amide bonds. The Morgan fingerprint density at radius 3 is 2.81 bits per heavy atom. The van der Waals surface area contributed by atoms with Gasteiger partial charge < -0.3 is 9.47 Å². The van der Waals surface area contributed by atoms with Crippen LogP contribution in [0.3, 0.4) is 0 Å². The third-order valence-corrected chi connectivity index (χ3v) is 3.37. The molecule has 3 nitrogen and oxygen atoms in total. The van der Waals surface area contributed by atoms with E-state index in [4.69, 9.17) is 9.47 Å². The van der Waals surface area contributed by atoms with Crippen molar-refractivity contribution in [1.29, 1.82) is 0 Å². The molecule has 0 N–H and O–H groups in total. The molecule has 21 heavy (non-hydrogen) atoms. The molecule has 1 aliphatic heterocycles. The first-order valence-corrected chi connectivity index (χ1v) is 8.22. The van der Waals surface area contributed by atoms with Gasteiger partial charge in [-0.25, -0.2) is 0 Å². The molecule has 116 valence electrons. The van der Waals surface area contributed by atoms with Crippen molar-refractivity contribution in [3.8, 4) is 0 Å². The fourth-order valence-electron chi connectivity index (χ4n) is 2.21. The number of ether oxygens (including phenoxy) is 2. The van der Waals surface area contributed by atoms with Gasteiger partial charge in [0.25, 0.3) is 0 Å². The average molecular weight is 355 g/mol. The molecule has 0 aliphatic carbocycles.